The van der Waals surface area contributed by atoms with Gasteiger partial charge in [0.1, 0.15) is 25.3 Å². The minimum atomic E-state index is -0.473. The molecule has 6 heteroatoms. The van der Waals surface area contributed by atoms with E-state index in [1.165, 1.54) is 0 Å². The molecule has 2 radical (unpaired) electrons. The second kappa shape index (κ2) is 7.04. The van der Waals surface area contributed by atoms with Crippen molar-refractivity contribution < 1.29 is 14.3 Å². The molecule has 2 rings (SSSR count). The third kappa shape index (κ3) is 5.06. The van der Waals surface area contributed by atoms with Crippen LogP contribution in [0.3, 0.4) is 0 Å². The fourth-order valence-electron chi connectivity index (χ4n) is 2.57. The van der Waals surface area contributed by atoms with Crippen molar-refractivity contribution in [2.24, 2.45) is 0 Å². The van der Waals surface area contributed by atoms with Gasteiger partial charge in [0, 0.05) is 31.0 Å². The molecule has 0 atom stereocenters. The lowest BCUT2D eigenvalue weighted by molar-refractivity contribution is 0.0127. The average Bonchev–Trinajstić information content (AvgIpc) is 2.41. The number of ether oxygens (including phenoxy) is 2. The van der Waals surface area contributed by atoms with E-state index in [1.54, 1.807) is 11.0 Å². The van der Waals surface area contributed by atoms with Crippen LogP contribution in [0.5, 0.6) is 5.75 Å². The highest BCUT2D eigenvalue weighted by molar-refractivity contribution is 6.37. The van der Waals surface area contributed by atoms with Crippen molar-refractivity contribution in [1.29, 1.82) is 0 Å². The number of carbonyl (C=O) groups excluding carboxylic acids is 1. The molecular weight excluding hydrogens is 312 g/mol. The first-order chi connectivity index (χ1) is 10.7. The van der Waals surface area contributed by atoms with Crippen LogP contribution in [0.4, 0.5) is 4.79 Å². The quantitative estimate of drug-likeness (QED) is 0.779. The highest BCUT2D eigenvalue weighted by atomic mass is 35.5. The molecule has 0 aliphatic carbocycles. The molecule has 23 heavy (non-hydrogen) atoms. The summed E-state index contributed by atoms with van der Waals surface area (Å²) in [5.41, 5.74) is 0.994. The zero-order chi connectivity index (χ0) is 17.2. The second-order valence-electron chi connectivity index (χ2n) is 6.93. The van der Waals surface area contributed by atoms with Crippen molar-refractivity contribution in [1.82, 2.24) is 4.90 Å². The normalized spacial score (nSPS) is 16.3. The largest absolute Gasteiger partial charge is 0.491 e. The van der Waals surface area contributed by atoms with Crippen molar-refractivity contribution in [2.45, 2.75) is 52.2 Å². The molecule has 4 nitrogen and oxygen atoms in total. The van der Waals surface area contributed by atoms with Crippen LogP contribution in [0.15, 0.2) is 12.1 Å². The molecule has 1 aliphatic heterocycles. The van der Waals surface area contributed by atoms with Crippen molar-refractivity contribution in [2.75, 3.05) is 13.1 Å². The number of aryl methyl sites for hydroxylation is 1. The number of amides is 1. The van der Waals surface area contributed by atoms with Crippen molar-refractivity contribution >= 4 is 31.0 Å². The van der Waals surface area contributed by atoms with Gasteiger partial charge in [-0.05, 0) is 45.4 Å². The Balaban J connectivity index is 1.92. The molecule has 1 amide bonds. The monoisotopic (exact) mass is 335 g/mol. The van der Waals surface area contributed by atoms with Crippen LogP contribution in [0, 0.1) is 6.92 Å². The first kappa shape index (κ1) is 18.0. The number of piperidine rings is 1. The minimum absolute atomic E-state index is 0.0378. The fraction of sp³-hybridized carbons (Fsp3) is 0.588. The standard InChI is InChI=1S/C17H23BClNO3/c1-11-9-12(19)10-14(18)15(11)22-13-5-7-20(8-6-13)16(21)23-17(2,3)4/h9-10,13H,5-8H2,1-4H3. The summed E-state index contributed by atoms with van der Waals surface area (Å²) in [5.74, 6) is 0.685. The van der Waals surface area contributed by atoms with Gasteiger partial charge in [0.25, 0.3) is 0 Å². The Morgan fingerprint density at radius 1 is 1.30 bits per heavy atom. The van der Waals surface area contributed by atoms with E-state index in [2.05, 4.69) is 0 Å². The van der Waals surface area contributed by atoms with Gasteiger partial charge in [-0.1, -0.05) is 17.1 Å². The van der Waals surface area contributed by atoms with Gasteiger partial charge in [-0.25, -0.2) is 4.79 Å². The molecule has 0 bridgehead atoms. The molecule has 1 aliphatic rings. The number of nitrogens with zero attached hydrogens (tertiary/aromatic N) is 1. The van der Waals surface area contributed by atoms with Crippen molar-refractivity contribution in [3.8, 4) is 5.75 Å². The molecule has 124 valence electrons. The number of halogens is 1. The predicted molar refractivity (Wildman–Crippen MR) is 93.0 cm³/mol. The molecular formula is C17H23BClNO3. The van der Waals surface area contributed by atoms with Crippen LogP contribution in [-0.4, -0.2) is 43.6 Å². The first-order valence-corrected chi connectivity index (χ1v) is 8.24. The average molecular weight is 336 g/mol. The van der Waals surface area contributed by atoms with Gasteiger partial charge in [-0.3, -0.25) is 0 Å². The minimum Gasteiger partial charge on any atom is -0.491 e. The van der Waals surface area contributed by atoms with Gasteiger partial charge < -0.3 is 14.4 Å². The Kier molecular flexibility index (Phi) is 5.51. The zero-order valence-electron chi connectivity index (χ0n) is 14.2. The Bertz CT molecular complexity index is 555. The van der Waals surface area contributed by atoms with Gasteiger partial charge in [-0.2, -0.15) is 0 Å². The van der Waals surface area contributed by atoms with Crippen LogP contribution in [-0.2, 0) is 4.74 Å². The lowest BCUT2D eigenvalue weighted by atomic mass is 9.92. The van der Waals surface area contributed by atoms with E-state index in [0.29, 0.717) is 29.3 Å². The van der Waals surface area contributed by atoms with E-state index < -0.39 is 5.60 Å². The van der Waals surface area contributed by atoms with Crippen LogP contribution >= 0.6 is 11.6 Å². The maximum atomic E-state index is 12.1. The Morgan fingerprint density at radius 2 is 1.91 bits per heavy atom. The van der Waals surface area contributed by atoms with Crippen molar-refractivity contribution in [3.63, 3.8) is 0 Å². The molecule has 1 fully saturated rings. The number of likely N-dealkylation sites (tertiary alicyclic amines) is 1. The highest BCUT2D eigenvalue weighted by Crippen LogP contribution is 2.24. The number of benzene rings is 1. The molecule has 0 aromatic heterocycles. The van der Waals surface area contributed by atoms with Crippen LogP contribution in [0.1, 0.15) is 39.2 Å². The number of carbonyl (C=O) groups is 1. The molecule has 1 saturated heterocycles. The molecule has 0 spiro atoms. The van der Waals surface area contributed by atoms with E-state index >= 15 is 0 Å². The SMILES string of the molecule is [B]c1cc(Cl)cc(C)c1OC1CCN(C(=O)OC(C)(C)C)CC1. The summed E-state index contributed by atoms with van der Waals surface area (Å²) in [6.45, 7) is 8.76. The number of rotatable bonds is 2. The molecule has 1 aromatic carbocycles. The third-order valence-corrected chi connectivity index (χ3v) is 3.86. The Hall–Kier alpha value is -1.36. The van der Waals surface area contributed by atoms with E-state index in [9.17, 15) is 4.79 Å². The van der Waals surface area contributed by atoms with Gasteiger partial charge in [0.2, 0.25) is 0 Å². The first-order valence-electron chi connectivity index (χ1n) is 7.86. The number of hydrogen-bond acceptors (Lipinski definition) is 3. The summed E-state index contributed by atoms with van der Waals surface area (Å²) >= 11 is 5.98. The van der Waals surface area contributed by atoms with Gasteiger partial charge >= 0.3 is 6.09 Å². The predicted octanol–water partition coefficient (Wildman–Crippen LogP) is 3.22. The lowest BCUT2D eigenvalue weighted by Gasteiger charge is -2.34. The molecule has 0 N–H and O–H groups in total. The lowest BCUT2D eigenvalue weighted by Crippen LogP contribution is -2.44. The number of hydrogen-bond donors (Lipinski definition) is 0. The summed E-state index contributed by atoms with van der Waals surface area (Å²) in [6, 6.07) is 3.53. The summed E-state index contributed by atoms with van der Waals surface area (Å²) in [4.78, 5) is 13.8. The summed E-state index contributed by atoms with van der Waals surface area (Å²) in [6.07, 6.45) is 1.27. The summed E-state index contributed by atoms with van der Waals surface area (Å²) in [7, 11) is 5.99. The van der Waals surface area contributed by atoms with Crippen LogP contribution in [0.2, 0.25) is 5.02 Å². The fourth-order valence-corrected chi connectivity index (χ4v) is 2.85. The molecule has 1 aromatic rings. The Morgan fingerprint density at radius 3 is 2.43 bits per heavy atom. The van der Waals surface area contributed by atoms with E-state index in [0.717, 1.165) is 18.4 Å². The van der Waals surface area contributed by atoms with Gasteiger partial charge in [-0.15, -0.1) is 0 Å². The van der Waals surface area contributed by atoms with E-state index in [-0.39, 0.29) is 12.2 Å². The Labute approximate surface area is 144 Å². The maximum Gasteiger partial charge on any atom is 0.410 e. The van der Waals surface area contributed by atoms with Gasteiger partial charge in [0.15, 0.2) is 0 Å². The maximum absolute atomic E-state index is 12.1. The highest BCUT2D eigenvalue weighted by Gasteiger charge is 2.28. The molecule has 1 heterocycles. The third-order valence-electron chi connectivity index (χ3n) is 3.65. The summed E-state index contributed by atoms with van der Waals surface area (Å²) < 4.78 is 11.4. The second-order valence-corrected chi connectivity index (χ2v) is 7.36. The molecule has 0 saturated carbocycles. The topological polar surface area (TPSA) is 38.8 Å². The molecule has 0 unspecified atom stereocenters. The zero-order valence-corrected chi connectivity index (χ0v) is 14.9. The van der Waals surface area contributed by atoms with Gasteiger partial charge in [0.05, 0.1) is 0 Å². The van der Waals surface area contributed by atoms with Crippen molar-refractivity contribution in [3.05, 3.63) is 22.7 Å². The van der Waals surface area contributed by atoms with E-state index in [4.69, 9.17) is 28.9 Å². The van der Waals surface area contributed by atoms with Crippen LogP contribution < -0.4 is 10.2 Å². The van der Waals surface area contributed by atoms with Crippen LogP contribution in [0.25, 0.3) is 0 Å². The van der Waals surface area contributed by atoms with E-state index in [1.807, 2.05) is 33.8 Å². The smallest absolute Gasteiger partial charge is 0.410 e. The summed E-state index contributed by atoms with van der Waals surface area (Å²) in [5, 5.41) is 0.604.